The van der Waals surface area contributed by atoms with Crippen LogP contribution in [0.3, 0.4) is 0 Å². The van der Waals surface area contributed by atoms with E-state index in [2.05, 4.69) is 0 Å². The van der Waals surface area contributed by atoms with Gasteiger partial charge in [-0.25, -0.2) is 0 Å². The maximum absolute atomic E-state index is 12.1. The molecule has 0 saturated heterocycles. The van der Waals surface area contributed by atoms with E-state index in [1.807, 2.05) is 31.9 Å². The number of carbonyl (C=O) groups is 1. The van der Waals surface area contributed by atoms with Crippen molar-refractivity contribution >= 4 is 17.3 Å². The summed E-state index contributed by atoms with van der Waals surface area (Å²) in [5.74, 6) is 0.820. The largest absolute Gasteiger partial charge is 0.497 e. The van der Waals surface area contributed by atoms with Crippen LogP contribution in [0.5, 0.6) is 5.75 Å². The Morgan fingerprint density at radius 1 is 1.32 bits per heavy atom. The van der Waals surface area contributed by atoms with E-state index in [1.165, 1.54) is 0 Å². The van der Waals surface area contributed by atoms with Crippen LogP contribution < -0.4 is 15.4 Å². The van der Waals surface area contributed by atoms with Gasteiger partial charge in [-0.1, -0.05) is 0 Å². The second kappa shape index (κ2) is 6.87. The van der Waals surface area contributed by atoms with Gasteiger partial charge in [0, 0.05) is 26.2 Å². The van der Waals surface area contributed by atoms with Crippen LogP contribution in [0.2, 0.25) is 0 Å². The third kappa shape index (κ3) is 3.77. The molecule has 1 aromatic carbocycles. The van der Waals surface area contributed by atoms with Crippen LogP contribution in [0.15, 0.2) is 18.2 Å². The number of methoxy groups -OCH3 is 1. The smallest absolute Gasteiger partial charge is 0.242 e. The van der Waals surface area contributed by atoms with Crippen molar-refractivity contribution in [1.29, 1.82) is 0 Å². The quantitative estimate of drug-likeness (QED) is 0.793. The normalized spacial score (nSPS) is 10.1. The Kier molecular flexibility index (Phi) is 5.48. The highest BCUT2D eigenvalue weighted by molar-refractivity contribution is 5.83. The summed E-state index contributed by atoms with van der Waals surface area (Å²) in [6.45, 7) is 5.69. The topological polar surface area (TPSA) is 58.8 Å². The molecule has 0 aliphatic carbocycles. The summed E-state index contributed by atoms with van der Waals surface area (Å²) in [7, 11) is 3.46. The van der Waals surface area contributed by atoms with Gasteiger partial charge in [-0.15, -0.1) is 0 Å². The van der Waals surface area contributed by atoms with E-state index in [0.29, 0.717) is 12.2 Å². The summed E-state index contributed by atoms with van der Waals surface area (Å²) >= 11 is 0. The van der Waals surface area contributed by atoms with Gasteiger partial charge < -0.3 is 20.3 Å². The van der Waals surface area contributed by atoms with Crippen molar-refractivity contribution in [2.75, 3.05) is 44.4 Å². The molecule has 0 fully saturated rings. The molecule has 0 atom stereocenters. The molecule has 0 aromatic heterocycles. The lowest BCUT2D eigenvalue weighted by molar-refractivity contribution is -0.129. The van der Waals surface area contributed by atoms with Crippen molar-refractivity contribution in [1.82, 2.24) is 4.90 Å². The van der Waals surface area contributed by atoms with E-state index in [4.69, 9.17) is 10.5 Å². The highest BCUT2D eigenvalue weighted by Gasteiger charge is 2.14. The fourth-order valence-corrected chi connectivity index (χ4v) is 1.95. The Hall–Kier alpha value is -1.91. The van der Waals surface area contributed by atoms with Crippen molar-refractivity contribution in [2.45, 2.75) is 13.8 Å². The molecule has 106 valence electrons. The second-order valence-electron chi connectivity index (χ2n) is 4.35. The van der Waals surface area contributed by atoms with Gasteiger partial charge in [-0.2, -0.15) is 0 Å². The van der Waals surface area contributed by atoms with Gasteiger partial charge in [0.05, 0.1) is 25.0 Å². The maximum Gasteiger partial charge on any atom is 0.242 e. The molecule has 0 unspecified atom stereocenters. The van der Waals surface area contributed by atoms with E-state index in [0.717, 1.165) is 24.5 Å². The zero-order chi connectivity index (χ0) is 14.4. The standard InChI is InChI=1S/C14H23N3O2/c1-5-17(6-2)14(18)10-16(3)13-9-11(19-4)7-8-12(13)15/h7-9H,5-6,10,15H2,1-4H3. The van der Waals surface area contributed by atoms with E-state index in [-0.39, 0.29) is 5.91 Å². The van der Waals surface area contributed by atoms with Crippen LogP contribution in [0.4, 0.5) is 11.4 Å². The summed E-state index contributed by atoms with van der Waals surface area (Å²) in [6.07, 6.45) is 0. The highest BCUT2D eigenvalue weighted by Crippen LogP contribution is 2.27. The predicted octanol–water partition coefficient (Wildman–Crippen LogP) is 1.58. The fourth-order valence-electron chi connectivity index (χ4n) is 1.95. The molecule has 0 heterocycles. The number of nitrogen functional groups attached to an aromatic ring is 1. The predicted molar refractivity (Wildman–Crippen MR) is 78.6 cm³/mol. The van der Waals surface area contributed by atoms with E-state index in [9.17, 15) is 4.79 Å². The number of anilines is 2. The number of benzene rings is 1. The Labute approximate surface area is 114 Å². The molecule has 2 N–H and O–H groups in total. The Morgan fingerprint density at radius 3 is 2.47 bits per heavy atom. The lowest BCUT2D eigenvalue weighted by atomic mass is 10.2. The third-order valence-corrected chi connectivity index (χ3v) is 3.14. The molecule has 1 aromatic rings. The van der Waals surface area contributed by atoms with Crippen LogP contribution in [0.25, 0.3) is 0 Å². The van der Waals surface area contributed by atoms with Gasteiger partial charge in [-0.05, 0) is 26.0 Å². The van der Waals surface area contributed by atoms with Crippen LogP contribution in [0, 0.1) is 0 Å². The number of rotatable bonds is 6. The van der Waals surface area contributed by atoms with E-state index >= 15 is 0 Å². The first kappa shape index (κ1) is 15.1. The van der Waals surface area contributed by atoms with Gasteiger partial charge in [0.1, 0.15) is 5.75 Å². The fraction of sp³-hybridized carbons (Fsp3) is 0.500. The number of hydrogen-bond acceptors (Lipinski definition) is 4. The molecule has 0 radical (unpaired) electrons. The number of amides is 1. The van der Waals surface area contributed by atoms with Crippen LogP contribution in [-0.2, 0) is 4.79 Å². The number of carbonyl (C=O) groups excluding carboxylic acids is 1. The molecule has 0 spiro atoms. The second-order valence-corrected chi connectivity index (χ2v) is 4.35. The highest BCUT2D eigenvalue weighted by atomic mass is 16.5. The molecule has 0 saturated carbocycles. The van der Waals surface area contributed by atoms with Crippen LogP contribution in [-0.4, -0.2) is 44.6 Å². The Bertz CT molecular complexity index is 431. The first-order valence-corrected chi connectivity index (χ1v) is 6.45. The monoisotopic (exact) mass is 265 g/mol. The third-order valence-electron chi connectivity index (χ3n) is 3.14. The minimum atomic E-state index is 0.0923. The summed E-state index contributed by atoms with van der Waals surface area (Å²) in [4.78, 5) is 15.7. The molecule has 19 heavy (non-hydrogen) atoms. The number of hydrogen-bond donors (Lipinski definition) is 1. The van der Waals surface area contributed by atoms with Crippen LogP contribution >= 0.6 is 0 Å². The maximum atomic E-state index is 12.1. The zero-order valence-electron chi connectivity index (χ0n) is 12.1. The van der Waals surface area contributed by atoms with Crippen molar-refractivity contribution in [3.8, 4) is 5.75 Å². The number of nitrogens with zero attached hydrogens (tertiary/aromatic N) is 2. The van der Waals surface area contributed by atoms with Crippen molar-refractivity contribution < 1.29 is 9.53 Å². The van der Waals surface area contributed by atoms with E-state index < -0.39 is 0 Å². The first-order valence-electron chi connectivity index (χ1n) is 6.45. The lowest BCUT2D eigenvalue weighted by Crippen LogP contribution is -2.39. The minimum absolute atomic E-state index is 0.0923. The number of ether oxygens (including phenoxy) is 1. The van der Waals surface area contributed by atoms with Gasteiger partial charge in [-0.3, -0.25) is 4.79 Å². The number of nitrogens with two attached hydrogens (primary N) is 1. The minimum Gasteiger partial charge on any atom is -0.497 e. The molecule has 1 rings (SSSR count). The van der Waals surface area contributed by atoms with Gasteiger partial charge in [0.25, 0.3) is 0 Å². The van der Waals surface area contributed by atoms with Crippen molar-refractivity contribution in [2.24, 2.45) is 0 Å². The van der Waals surface area contributed by atoms with Gasteiger partial charge in [0.15, 0.2) is 0 Å². The summed E-state index contributed by atoms with van der Waals surface area (Å²) in [5.41, 5.74) is 7.38. The molecule has 0 aliphatic heterocycles. The van der Waals surface area contributed by atoms with E-state index in [1.54, 1.807) is 24.1 Å². The Morgan fingerprint density at radius 2 is 1.95 bits per heavy atom. The zero-order valence-corrected chi connectivity index (χ0v) is 12.1. The summed E-state index contributed by atoms with van der Waals surface area (Å²) < 4.78 is 5.18. The molecule has 1 amide bonds. The summed E-state index contributed by atoms with van der Waals surface area (Å²) in [5, 5.41) is 0. The van der Waals surface area contributed by atoms with Gasteiger partial charge in [0.2, 0.25) is 5.91 Å². The molecule has 0 bridgehead atoms. The van der Waals surface area contributed by atoms with Crippen molar-refractivity contribution in [3.63, 3.8) is 0 Å². The van der Waals surface area contributed by atoms with Gasteiger partial charge >= 0.3 is 0 Å². The SMILES string of the molecule is CCN(CC)C(=O)CN(C)c1cc(OC)ccc1N. The lowest BCUT2D eigenvalue weighted by Gasteiger charge is -2.25. The Balaban J connectivity index is 2.83. The molecule has 0 aliphatic rings. The summed E-state index contributed by atoms with van der Waals surface area (Å²) in [6, 6.07) is 5.43. The van der Waals surface area contributed by atoms with Crippen molar-refractivity contribution in [3.05, 3.63) is 18.2 Å². The molecule has 5 nitrogen and oxygen atoms in total. The van der Waals surface area contributed by atoms with Crippen LogP contribution in [0.1, 0.15) is 13.8 Å². The number of likely N-dealkylation sites (N-methyl/N-ethyl adjacent to an activating group) is 2. The molecular formula is C14H23N3O2. The average Bonchev–Trinajstić information content (AvgIpc) is 2.40. The average molecular weight is 265 g/mol. The molecule has 5 heteroatoms. The first-order chi connectivity index (χ1) is 9.03. The molecular weight excluding hydrogens is 242 g/mol.